The first-order chi connectivity index (χ1) is 6.97. The molecule has 0 aliphatic carbocycles. The Bertz CT molecular complexity index is 338. The molecule has 1 rings (SSSR count). The van der Waals surface area contributed by atoms with Crippen molar-refractivity contribution in [3.8, 4) is 0 Å². The maximum atomic E-state index is 6.18. The van der Waals surface area contributed by atoms with Gasteiger partial charge >= 0.3 is 0 Å². The van der Waals surface area contributed by atoms with E-state index in [4.69, 9.17) is 11.6 Å². The fourth-order valence-corrected chi connectivity index (χ4v) is 2.08. The van der Waals surface area contributed by atoms with E-state index in [9.17, 15) is 0 Å². The van der Waals surface area contributed by atoms with Crippen molar-refractivity contribution in [2.75, 3.05) is 12.4 Å². The normalized spacial score (nSPS) is 13.5. The quantitative estimate of drug-likeness (QED) is 0.796. The van der Waals surface area contributed by atoms with Crippen molar-refractivity contribution in [1.29, 1.82) is 0 Å². The van der Waals surface area contributed by atoms with Gasteiger partial charge in [-0.05, 0) is 20.9 Å². The monoisotopic (exact) mass is 293 g/mol. The van der Waals surface area contributed by atoms with Crippen LogP contribution in [-0.2, 0) is 13.6 Å². The zero-order valence-corrected chi connectivity index (χ0v) is 11.9. The number of rotatable bonds is 4. The summed E-state index contributed by atoms with van der Waals surface area (Å²) in [6, 6.07) is 0.483. The Labute approximate surface area is 105 Å². The molecule has 1 unspecified atom stereocenters. The molecule has 1 heterocycles. The Balaban J connectivity index is 2.80. The molecule has 0 aliphatic heterocycles. The lowest BCUT2D eigenvalue weighted by Gasteiger charge is -2.22. The molecule has 0 saturated carbocycles. The largest absolute Gasteiger partial charge is 0.297 e. The number of hydrogen-bond donors (Lipinski definition) is 0. The van der Waals surface area contributed by atoms with Crippen LogP contribution < -0.4 is 0 Å². The van der Waals surface area contributed by atoms with E-state index in [0.29, 0.717) is 6.04 Å². The lowest BCUT2D eigenvalue weighted by Crippen LogP contribution is -2.30. The predicted octanol–water partition coefficient (Wildman–Crippen LogP) is 2.60. The van der Waals surface area contributed by atoms with E-state index in [-0.39, 0.29) is 0 Å². The van der Waals surface area contributed by atoms with E-state index >= 15 is 0 Å². The molecule has 1 atom stereocenters. The zero-order chi connectivity index (χ0) is 11.6. The highest BCUT2D eigenvalue weighted by atomic mass is 79.9. The number of aromatic nitrogens is 2. The summed E-state index contributed by atoms with van der Waals surface area (Å²) in [5, 5.41) is 6.03. The molecule has 0 aromatic carbocycles. The summed E-state index contributed by atoms with van der Waals surface area (Å²) < 4.78 is 1.86. The molecule has 0 saturated heterocycles. The first-order valence-electron chi connectivity index (χ1n) is 4.91. The van der Waals surface area contributed by atoms with Gasteiger partial charge in [0.1, 0.15) is 0 Å². The van der Waals surface area contributed by atoms with Gasteiger partial charge in [-0.15, -0.1) is 0 Å². The van der Waals surface area contributed by atoms with Gasteiger partial charge in [0.25, 0.3) is 0 Å². The molecule has 0 aliphatic rings. The Morgan fingerprint density at radius 3 is 2.60 bits per heavy atom. The van der Waals surface area contributed by atoms with Crippen molar-refractivity contribution >= 4 is 27.5 Å². The predicted molar refractivity (Wildman–Crippen MR) is 67.7 cm³/mol. The van der Waals surface area contributed by atoms with Crippen LogP contribution in [0, 0.1) is 6.92 Å². The van der Waals surface area contributed by atoms with Gasteiger partial charge in [-0.25, -0.2) is 0 Å². The van der Waals surface area contributed by atoms with Crippen LogP contribution in [0.2, 0.25) is 5.02 Å². The number of hydrogen-bond acceptors (Lipinski definition) is 2. The minimum Gasteiger partial charge on any atom is -0.297 e. The standard InChI is InChI=1S/C10H17BrClN3/c1-7(5-11)14(3)6-9-10(12)8(2)13-15(9)4/h7H,5-6H2,1-4H3. The van der Waals surface area contributed by atoms with Crippen molar-refractivity contribution in [2.24, 2.45) is 7.05 Å². The minimum absolute atomic E-state index is 0.483. The van der Waals surface area contributed by atoms with Gasteiger partial charge in [0.2, 0.25) is 0 Å². The summed E-state index contributed by atoms with van der Waals surface area (Å²) in [6.45, 7) is 4.93. The third-order valence-corrected chi connectivity index (χ3v) is 4.07. The van der Waals surface area contributed by atoms with Crippen LogP contribution in [0.1, 0.15) is 18.3 Å². The summed E-state index contributed by atoms with van der Waals surface area (Å²) in [7, 11) is 4.02. The van der Waals surface area contributed by atoms with Crippen molar-refractivity contribution < 1.29 is 0 Å². The highest BCUT2D eigenvalue weighted by Gasteiger charge is 2.15. The number of aryl methyl sites for hydroxylation is 2. The van der Waals surface area contributed by atoms with E-state index in [1.807, 2.05) is 18.7 Å². The average molecular weight is 295 g/mol. The third kappa shape index (κ3) is 2.95. The van der Waals surface area contributed by atoms with Gasteiger partial charge < -0.3 is 0 Å². The number of nitrogens with zero attached hydrogens (tertiary/aromatic N) is 3. The van der Waals surface area contributed by atoms with Gasteiger partial charge in [-0.2, -0.15) is 5.10 Å². The van der Waals surface area contributed by atoms with E-state index in [2.05, 4.69) is 39.9 Å². The second-order valence-electron chi connectivity index (χ2n) is 3.89. The summed E-state index contributed by atoms with van der Waals surface area (Å²) in [4.78, 5) is 2.25. The van der Waals surface area contributed by atoms with Crippen LogP contribution >= 0.6 is 27.5 Å². The van der Waals surface area contributed by atoms with Crippen LogP contribution in [0.15, 0.2) is 0 Å². The first-order valence-corrected chi connectivity index (χ1v) is 6.41. The summed E-state index contributed by atoms with van der Waals surface area (Å²) in [5.74, 6) is 0. The lowest BCUT2D eigenvalue weighted by molar-refractivity contribution is 0.263. The van der Waals surface area contributed by atoms with Gasteiger partial charge in [0.05, 0.1) is 16.4 Å². The van der Waals surface area contributed by atoms with Crippen molar-refractivity contribution in [3.63, 3.8) is 0 Å². The summed E-state index contributed by atoms with van der Waals surface area (Å²) in [6.07, 6.45) is 0. The zero-order valence-electron chi connectivity index (χ0n) is 9.59. The molecule has 0 N–H and O–H groups in total. The van der Waals surface area contributed by atoms with Crippen LogP contribution in [-0.4, -0.2) is 33.1 Å². The number of alkyl halides is 1. The van der Waals surface area contributed by atoms with E-state index in [0.717, 1.165) is 28.3 Å². The molecule has 0 amide bonds. The maximum Gasteiger partial charge on any atom is 0.0860 e. The third-order valence-electron chi connectivity index (χ3n) is 2.64. The van der Waals surface area contributed by atoms with Crippen molar-refractivity contribution in [1.82, 2.24) is 14.7 Å². The molecule has 15 heavy (non-hydrogen) atoms. The minimum atomic E-state index is 0.483. The molecule has 1 aromatic heterocycles. The van der Waals surface area contributed by atoms with Gasteiger partial charge in [-0.1, -0.05) is 27.5 Å². The molecule has 3 nitrogen and oxygen atoms in total. The first kappa shape index (κ1) is 13.0. The molecule has 0 radical (unpaired) electrons. The van der Waals surface area contributed by atoms with Gasteiger partial charge in [-0.3, -0.25) is 9.58 Å². The molecule has 0 spiro atoms. The highest BCUT2D eigenvalue weighted by Crippen LogP contribution is 2.21. The second kappa shape index (κ2) is 5.32. The lowest BCUT2D eigenvalue weighted by atomic mass is 10.3. The molecule has 0 bridgehead atoms. The molecule has 1 aromatic rings. The van der Waals surface area contributed by atoms with Gasteiger partial charge in [0.15, 0.2) is 0 Å². The molecule has 0 fully saturated rings. The van der Waals surface area contributed by atoms with Crippen LogP contribution in [0.5, 0.6) is 0 Å². The Morgan fingerprint density at radius 2 is 2.20 bits per heavy atom. The van der Waals surface area contributed by atoms with E-state index in [1.165, 1.54) is 0 Å². The molecule has 86 valence electrons. The molecule has 5 heteroatoms. The fraction of sp³-hybridized carbons (Fsp3) is 0.700. The topological polar surface area (TPSA) is 21.1 Å². The second-order valence-corrected chi connectivity index (χ2v) is 4.91. The average Bonchev–Trinajstić information content (AvgIpc) is 2.43. The molecular formula is C10H17BrClN3. The van der Waals surface area contributed by atoms with E-state index in [1.54, 1.807) is 0 Å². The fourth-order valence-electron chi connectivity index (χ4n) is 1.36. The SMILES string of the molecule is Cc1nn(C)c(CN(C)C(C)CBr)c1Cl. The van der Waals surface area contributed by atoms with Crippen LogP contribution in [0.25, 0.3) is 0 Å². The summed E-state index contributed by atoms with van der Waals surface area (Å²) in [5.41, 5.74) is 1.97. The maximum absolute atomic E-state index is 6.18. The Hall–Kier alpha value is -0.0600. The molecular weight excluding hydrogens is 277 g/mol. The Kier molecular flexibility index (Phi) is 4.62. The van der Waals surface area contributed by atoms with Gasteiger partial charge in [0, 0.05) is 25.0 Å². The highest BCUT2D eigenvalue weighted by molar-refractivity contribution is 9.09. The van der Waals surface area contributed by atoms with Crippen LogP contribution in [0.4, 0.5) is 0 Å². The Morgan fingerprint density at radius 1 is 1.60 bits per heavy atom. The summed E-state index contributed by atoms with van der Waals surface area (Å²) >= 11 is 9.66. The van der Waals surface area contributed by atoms with Crippen molar-refractivity contribution in [2.45, 2.75) is 26.4 Å². The van der Waals surface area contributed by atoms with Crippen LogP contribution in [0.3, 0.4) is 0 Å². The van der Waals surface area contributed by atoms with Crippen molar-refractivity contribution in [3.05, 3.63) is 16.4 Å². The smallest absolute Gasteiger partial charge is 0.0860 e. The number of halogens is 2. The van der Waals surface area contributed by atoms with E-state index < -0.39 is 0 Å².